The van der Waals surface area contributed by atoms with Gasteiger partial charge in [0, 0.05) is 10.7 Å². The number of H-pyrrole nitrogens is 1. The van der Waals surface area contributed by atoms with Gasteiger partial charge in [0.2, 0.25) is 0 Å². The van der Waals surface area contributed by atoms with E-state index in [0.29, 0.717) is 10.8 Å². The largest absolute Gasteiger partial charge is 0.470 e. The Balaban J connectivity index is 1.69. The summed E-state index contributed by atoms with van der Waals surface area (Å²) in [6.45, 7) is 1.32. The van der Waals surface area contributed by atoms with E-state index in [1.807, 2.05) is 0 Å². The number of nitrogens with zero attached hydrogens (tertiary/aromatic N) is 3. The smallest absolute Gasteiger partial charge is 0.437 e. The molecule has 1 aromatic carbocycles. The van der Waals surface area contributed by atoms with Crippen molar-refractivity contribution in [3.63, 3.8) is 0 Å². The maximum Gasteiger partial charge on any atom is 0.437 e. The molecule has 0 aliphatic carbocycles. The Morgan fingerprint density at radius 2 is 2.14 bits per heavy atom. The Morgan fingerprint density at radius 1 is 1.39 bits per heavy atom. The maximum absolute atomic E-state index is 13.0. The Morgan fingerprint density at radius 3 is 2.82 bits per heavy atom. The van der Waals surface area contributed by atoms with E-state index in [0.717, 1.165) is 4.47 Å². The predicted molar refractivity (Wildman–Crippen MR) is 98.3 cm³/mol. The fourth-order valence-corrected chi connectivity index (χ4v) is 2.98. The monoisotopic (exact) mass is 477 g/mol. The van der Waals surface area contributed by atoms with E-state index in [1.54, 1.807) is 18.2 Å². The minimum atomic E-state index is -4.70. The topological polar surface area (TPSA) is 84.8 Å². The first-order valence-electron chi connectivity index (χ1n) is 7.70. The second-order valence-corrected chi connectivity index (χ2v) is 6.94. The van der Waals surface area contributed by atoms with Crippen molar-refractivity contribution in [1.82, 2.24) is 20.0 Å². The number of anilines is 1. The second kappa shape index (κ2) is 7.84. The molecule has 0 aliphatic rings. The maximum atomic E-state index is 13.0. The van der Waals surface area contributed by atoms with Crippen molar-refractivity contribution in [2.75, 3.05) is 5.32 Å². The number of aromatic nitrogens is 4. The number of hydrogen-bond acceptors (Lipinski definition) is 4. The highest BCUT2D eigenvalue weighted by molar-refractivity contribution is 9.10. The van der Waals surface area contributed by atoms with Crippen molar-refractivity contribution in [2.45, 2.75) is 19.8 Å². The van der Waals surface area contributed by atoms with E-state index >= 15 is 0 Å². The molecule has 0 saturated heterocycles. The summed E-state index contributed by atoms with van der Waals surface area (Å²) in [7, 11) is 0. The van der Waals surface area contributed by atoms with Gasteiger partial charge in [-0.3, -0.25) is 9.89 Å². The van der Waals surface area contributed by atoms with Crippen LogP contribution >= 0.6 is 27.5 Å². The van der Waals surface area contributed by atoms with Crippen molar-refractivity contribution in [1.29, 1.82) is 0 Å². The second-order valence-electron chi connectivity index (χ2n) is 5.61. The minimum absolute atomic E-state index is 0.0484. The van der Waals surface area contributed by atoms with Crippen LogP contribution < -0.4 is 10.1 Å². The SMILES string of the molecule is Cc1[nH]nc(C(F)(F)F)c1NC(=O)c1ccn(COc2ccc(Br)cc2Cl)n1. The molecule has 0 spiro atoms. The van der Waals surface area contributed by atoms with Crippen LogP contribution in [0.15, 0.2) is 34.9 Å². The van der Waals surface area contributed by atoms with Crippen LogP contribution in [0.4, 0.5) is 18.9 Å². The molecule has 28 heavy (non-hydrogen) atoms. The summed E-state index contributed by atoms with van der Waals surface area (Å²) >= 11 is 9.33. The Labute approximate surface area is 170 Å². The molecule has 0 unspecified atom stereocenters. The first-order chi connectivity index (χ1) is 13.1. The molecule has 3 aromatic rings. The number of carbonyl (C=O) groups is 1. The Bertz CT molecular complexity index is 1020. The number of aromatic amines is 1. The van der Waals surface area contributed by atoms with Gasteiger partial charge in [-0.15, -0.1) is 0 Å². The molecule has 1 amide bonds. The quantitative estimate of drug-likeness (QED) is 0.560. The third-order valence-electron chi connectivity index (χ3n) is 3.57. The number of rotatable bonds is 5. The standard InChI is InChI=1S/C16H12BrClF3N5O2/c1-8-13(14(24-23-8)16(19,20)21)22-15(27)11-4-5-26(25-11)7-28-12-3-2-9(17)6-10(12)18/h2-6H,7H2,1H3,(H,22,27)(H,23,24). The summed E-state index contributed by atoms with van der Waals surface area (Å²) in [5.74, 6) is -0.398. The summed E-state index contributed by atoms with van der Waals surface area (Å²) in [5.41, 5.74) is -1.65. The molecule has 0 radical (unpaired) electrons. The molecule has 7 nitrogen and oxygen atoms in total. The molecule has 2 heterocycles. The highest BCUT2D eigenvalue weighted by atomic mass is 79.9. The van der Waals surface area contributed by atoms with Crippen LogP contribution in [-0.4, -0.2) is 25.9 Å². The number of benzene rings is 1. The lowest BCUT2D eigenvalue weighted by Gasteiger charge is -2.09. The van der Waals surface area contributed by atoms with E-state index in [1.165, 1.54) is 23.9 Å². The number of hydrogen-bond donors (Lipinski definition) is 2. The highest BCUT2D eigenvalue weighted by Gasteiger charge is 2.38. The molecule has 0 aliphatic heterocycles. The zero-order chi connectivity index (χ0) is 20.5. The number of ether oxygens (including phenoxy) is 1. The number of carbonyl (C=O) groups excluding carboxylic acids is 1. The first kappa shape index (κ1) is 20.2. The lowest BCUT2D eigenvalue weighted by Crippen LogP contribution is -2.17. The van der Waals surface area contributed by atoms with E-state index in [-0.39, 0.29) is 18.1 Å². The molecule has 12 heteroatoms. The molecule has 148 valence electrons. The van der Waals surface area contributed by atoms with Gasteiger partial charge in [0.1, 0.15) is 5.75 Å². The molecule has 0 saturated carbocycles. The van der Waals surface area contributed by atoms with Crippen LogP contribution in [0.3, 0.4) is 0 Å². The number of aryl methyl sites for hydroxylation is 1. The van der Waals surface area contributed by atoms with Crippen molar-refractivity contribution < 1.29 is 22.7 Å². The first-order valence-corrected chi connectivity index (χ1v) is 8.87. The Kier molecular flexibility index (Phi) is 5.66. The van der Waals surface area contributed by atoms with Gasteiger partial charge in [-0.25, -0.2) is 4.68 Å². The molecular formula is C16H12BrClF3N5O2. The average molecular weight is 479 g/mol. The van der Waals surface area contributed by atoms with Gasteiger partial charge in [-0.05, 0) is 31.2 Å². The van der Waals surface area contributed by atoms with Crippen LogP contribution in [0.5, 0.6) is 5.75 Å². The van der Waals surface area contributed by atoms with E-state index in [4.69, 9.17) is 16.3 Å². The molecule has 0 fully saturated rings. The fourth-order valence-electron chi connectivity index (χ4n) is 2.25. The lowest BCUT2D eigenvalue weighted by atomic mass is 10.2. The van der Waals surface area contributed by atoms with Gasteiger partial charge < -0.3 is 10.1 Å². The van der Waals surface area contributed by atoms with Crippen molar-refractivity contribution in [3.8, 4) is 5.75 Å². The third-order valence-corrected chi connectivity index (χ3v) is 4.36. The zero-order valence-electron chi connectivity index (χ0n) is 14.1. The van der Waals surface area contributed by atoms with Crippen LogP contribution in [-0.2, 0) is 12.9 Å². The molecule has 2 aromatic heterocycles. The number of alkyl halides is 3. The summed E-state index contributed by atoms with van der Waals surface area (Å²) in [6.07, 6.45) is -3.25. The van der Waals surface area contributed by atoms with Gasteiger partial charge in [0.05, 0.1) is 16.4 Å². The van der Waals surface area contributed by atoms with E-state index in [9.17, 15) is 18.0 Å². The summed E-state index contributed by atoms with van der Waals surface area (Å²) < 4.78 is 46.5. The Hall–Kier alpha value is -2.53. The fraction of sp³-hybridized carbons (Fsp3) is 0.188. The van der Waals surface area contributed by atoms with Gasteiger partial charge in [-0.2, -0.15) is 23.4 Å². The van der Waals surface area contributed by atoms with Crippen LogP contribution in [0.1, 0.15) is 21.9 Å². The van der Waals surface area contributed by atoms with Crippen molar-refractivity contribution >= 4 is 39.1 Å². The number of halogens is 5. The summed E-state index contributed by atoms with van der Waals surface area (Å²) in [6, 6.07) is 6.41. The van der Waals surface area contributed by atoms with Crippen LogP contribution in [0.25, 0.3) is 0 Å². The highest BCUT2D eigenvalue weighted by Crippen LogP contribution is 2.34. The third kappa shape index (κ3) is 4.47. The lowest BCUT2D eigenvalue weighted by molar-refractivity contribution is -0.140. The van der Waals surface area contributed by atoms with Crippen LogP contribution in [0, 0.1) is 6.92 Å². The normalized spacial score (nSPS) is 11.5. The van der Waals surface area contributed by atoms with Gasteiger partial charge >= 0.3 is 6.18 Å². The minimum Gasteiger partial charge on any atom is -0.470 e. The summed E-state index contributed by atoms with van der Waals surface area (Å²) in [5, 5.41) is 12.0. The molecule has 3 rings (SSSR count). The van der Waals surface area contributed by atoms with Gasteiger partial charge in [0.25, 0.3) is 5.91 Å². The zero-order valence-corrected chi connectivity index (χ0v) is 16.5. The van der Waals surface area contributed by atoms with Crippen molar-refractivity contribution in [3.05, 3.63) is 57.0 Å². The molecular weight excluding hydrogens is 467 g/mol. The van der Waals surface area contributed by atoms with E-state index < -0.39 is 23.5 Å². The summed E-state index contributed by atoms with van der Waals surface area (Å²) in [4.78, 5) is 12.3. The number of nitrogens with one attached hydrogen (secondary N) is 2. The van der Waals surface area contributed by atoms with Gasteiger partial charge in [-0.1, -0.05) is 27.5 Å². The number of amides is 1. The van der Waals surface area contributed by atoms with Crippen LogP contribution in [0.2, 0.25) is 5.02 Å². The molecule has 2 N–H and O–H groups in total. The van der Waals surface area contributed by atoms with Crippen molar-refractivity contribution in [2.24, 2.45) is 0 Å². The predicted octanol–water partition coefficient (Wildman–Crippen LogP) is 4.64. The van der Waals surface area contributed by atoms with Gasteiger partial charge in [0.15, 0.2) is 18.1 Å². The van der Waals surface area contributed by atoms with E-state index in [2.05, 4.69) is 36.5 Å². The molecule has 0 bridgehead atoms. The molecule has 0 atom stereocenters. The average Bonchev–Trinajstić information content (AvgIpc) is 3.21.